The van der Waals surface area contributed by atoms with Crippen LogP contribution in [0.15, 0.2) is 18.2 Å². The second-order valence-electron chi connectivity index (χ2n) is 4.45. The zero-order valence-corrected chi connectivity index (χ0v) is 10.5. The van der Waals surface area contributed by atoms with Gasteiger partial charge in [0.2, 0.25) is 0 Å². The molecule has 4 nitrogen and oxygen atoms in total. The van der Waals surface area contributed by atoms with Crippen molar-refractivity contribution in [3.8, 4) is 17.6 Å². The summed E-state index contributed by atoms with van der Waals surface area (Å²) in [5.74, 6) is 0.974. The van der Waals surface area contributed by atoms with Crippen LogP contribution in [0.3, 0.4) is 0 Å². The quantitative estimate of drug-likeness (QED) is 0.765. The average Bonchev–Trinajstić information content (AvgIpc) is 2.37. The van der Waals surface area contributed by atoms with E-state index in [-0.39, 0.29) is 5.78 Å². The number of ketones is 1. The molecular formula is C14H15NO3. The lowest BCUT2D eigenvalue weighted by atomic mass is 9.65. The average molecular weight is 245 g/mol. The van der Waals surface area contributed by atoms with Gasteiger partial charge in [0.15, 0.2) is 17.3 Å². The lowest BCUT2D eigenvalue weighted by Gasteiger charge is -2.33. The van der Waals surface area contributed by atoms with Crippen molar-refractivity contribution in [3.63, 3.8) is 0 Å². The van der Waals surface area contributed by atoms with Crippen molar-refractivity contribution in [2.75, 3.05) is 14.2 Å². The standard InChI is InChI=1S/C14H15NO3/c1-17-11-5-4-10(8-12(11)18-2)13(16)14(9-15)6-3-7-14/h4-5,8H,3,6-7H2,1-2H3. The van der Waals surface area contributed by atoms with Gasteiger partial charge in [-0.3, -0.25) is 4.79 Å². The third-order valence-corrected chi connectivity index (χ3v) is 3.50. The van der Waals surface area contributed by atoms with E-state index in [0.717, 1.165) is 6.42 Å². The van der Waals surface area contributed by atoms with Crippen molar-refractivity contribution in [2.24, 2.45) is 5.41 Å². The van der Waals surface area contributed by atoms with E-state index >= 15 is 0 Å². The molecule has 1 saturated carbocycles. The molecule has 0 aromatic heterocycles. The number of carbonyl (C=O) groups is 1. The van der Waals surface area contributed by atoms with Crippen LogP contribution in [-0.4, -0.2) is 20.0 Å². The zero-order chi connectivity index (χ0) is 13.2. The highest BCUT2D eigenvalue weighted by molar-refractivity contribution is 6.03. The molecule has 1 fully saturated rings. The lowest BCUT2D eigenvalue weighted by Crippen LogP contribution is -2.36. The van der Waals surface area contributed by atoms with Crippen molar-refractivity contribution in [1.29, 1.82) is 5.26 Å². The fourth-order valence-corrected chi connectivity index (χ4v) is 2.17. The van der Waals surface area contributed by atoms with E-state index in [1.807, 2.05) is 0 Å². The van der Waals surface area contributed by atoms with Gasteiger partial charge in [0.25, 0.3) is 0 Å². The first-order chi connectivity index (χ1) is 8.66. The molecule has 0 amide bonds. The van der Waals surface area contributed by atoms with Crippen LogP contribution in [0.1, 0.15) is 29.6 Å². The predicted molar refractivity (Wildman–Crippen MR) is 65.8 cm³/mol. The molecule has 0 unspecified atom stereocenters. The monoisotopic (exact) mass is 245 g/mol. The van der Waals surface area contributed by atoms with Gasteiger partial charge in [-0.2, -0.15) is 5.26 Å². The van der Waals surface area contributed by atoms with E-state index in [1.54, 1.807) is 25.3 Å². The first-order valence-electron chi connectivity index (χ1n) is 5.85. The number of methoxy groups -OCH3 is 2. The highest BCUT2D eigenvalue weighted by Gasteiger charge is 2.44. The second kappa shape index (κ2) is 4.69. The van der Waals surface area contributed by atoms with Gasteiger partial charge in [-0.1, -0.05) is 0 Å². The van der Waals surface area contributed by atoms with Gasteiger partial charge in [-0.25, -0.2) is 0 Å². The third kappa shape index (κ3) is 1.82. The van der Waals surface area contributed by atoms with Crippen LogP contribution in [0.5, 0.6) is 11.5 Å². The molecule has 0 atom stereocenters. The molecule has 0 bridgehead atoms. The topological polar surface area (TPSA) is 59.3 Å². The number of benzene rings is 1. The molecule has 4 heteroatoms. The molecule has 2 rings (SSSR count). The molecule has 0 radical (unpaired) electrons. The van der Waals surface area contributed by atoms with Crippen LogP contribution in [0, 0.1) is 16.7 Å². The summed E-state index contributed by atoms with van der Waals surface area (Å²) in [5.41, 5.74) is -0.312. The van der Waals surface area contributed by atoms with Crippen LogP contribution < -0.4 is 9.47 Å². The summed E-state index contributed by atoms with van der Waals surface area (Å²) in [6, 6.07) is 7.17. The summed E-state index contributed by atoms with van der Waals surface area (Å²) in [6.07, 6.45) is 2.24. The second-order valence-corrected chi connectivity index (χ2v) is 4.45. The number of nitriles is 1. The number of hydrogen-bond donors (Lipinski definition) is 0. The molecule has 1 aliphatic rings. The molecular weight excluding hydrogens is 230 g/mol. The number of ether oxygens (including phenoxy) is 2. The minimum absolute atomic E-state index is 0.114. The maximum absolute atomic E-state index is 12.3. The highest BCUT2D eigenvalue weighted by atomic mass is 16.5. The van der Waals surface area contributed by atoms with Gasteiger partial charge in [0.1, 0.15) is 5.41 Å². The van der Waals surface area contributed by atoms with Gasteiger partial charge in [-0.05, 0) is 37.5 Å². The molecule has 18 heavy (non-hydrogen) atoms. The van der Waals surface area contributed by atoms with Crippen molar-refractivity contribution in [2.45, 2.75) is 19.3 Å². The Morgan fingerprint density at radius 2 is 1.94 bits per heavy atom. The Kier molecular flexibility index (Phi) is 3.24. The van der Waals surface area contributed by atoms with Gasteiger partial charge in [0, 0.05) is 5.56 Å². The van der Waals surface area contributed by atoms with Crippen LogP contribution in [0.2, 0.25) is 0 Å². The van der Waals surface area contributed by atoms with Crippen LogP contribution in [-0.2, 0) is 0 Å². The molecule has 0 heterocycles. The van der Waals surface area contributed by atoms with Crippen molar-refractivity contribution < 1.29 is 14.3 Å². The van der Waals surface area contributed by atoms with E-state index in [0.29, 0.717) is 29.9 Å². The van der Waals surface area contributed by atoms with E-state index in [2.05, 4.69) is 6.07 Å². The predicted octanol–water partition coefficient (Wildman–Crippen LogP) is 2.58. The highest BCUT2D eigenvalue weighted by Crippen LogP contribution is 2.43. The molecule has 94 valence electrons. The summed E-state index contributed by atoms with van der Waals surface area (Å²) < 4.78 is 10.3. The molecule has 0 spiro atoms. The zero-order valence-electron chi connectivity index (χ0n) is 10.5. The summed E-state index contributed by atoms with van der Waals surface area (Å²) in [4.78, 5) is 12.3. The summed E-state index contributed by atoms with van der Waals surface area (Å²) in [6.45, 7) is 0. The third-order valence-electron chi connectivity index (χ3n) is 3.50. The van der Waals surface area contributed by atoms with E-state index < -0.39 is 5.41 Å². The minimum Gasteiger partial charge on any atom is -0.493 e. The Balaban J connectivity index is 2.35. The van der Waals surface area contributed by atoms with Gasteiger partial charge >= 0.3 is 0 Å². The van der Waals surface area contributed by atoms with Gasteiger partial charge in [0.05, 0.1) is 20.3 Å². The summed E-state index contributed by atoms with van der Waals surface area (Å²) >= 11 is 0. The fourth-order valence-electron chi connectivity index (χ4n) is 2.17. The van der Waals surface area contributed by atoms with E-state index in [1.165, 1.54) is 7.11 Å². The lowest BCUT2D eigenvalue weighted by molar-refractivity contribution is 0.0748. The molecule has 0 N–H and O–H groups in total. The molecule has 1 aromatic rings. The Morgan fingerprint density at radius 3 is 2.39 bits per heavy atom. The normalized spacial score (nSPS) is 16.3. The Hall–Kier alpha value is -2.02. The molecule has 0 saturated heterocycles. The van der Waals surface area contributed by atoms with Gasteiger partial charge < -0.3 is 9.47 Å². The minimum atomic E-state index is -0.820. The number of Topliss-reactive ketones (excluding diaryl/α,β-unsaturated/α-hetero) is 1. The Bertz CT molecular complexity index is 512. The van der Waals surface area contributed by atoms with Crippen LogP contribution >= 0.6 is 0 Å². The molecule has 0 aliphatic heterocycles. The van der Waals surface area contributed by atoms with Crippen LogP contribution in [0.25, 0.3) is 0 Å². The summed E-state index contributed by atoms with van der Waals surface area (Å²) in [5, 5.41) is 9.17. The van der Waals surface area contributed by atoms with Gasteiger partial charge in [-0.15, -0.1) is 0 Å². The Morgan fingerprint density at radius 1 is 1.28 bits per heavy atom. The number of hydrogen-bond acceptors (Lipinski definition) is 4. The Labute approximate surface area is 106 Å². The van der Waals surface area contributed by atoms with Crippen molar-refractivity contribution >= 4 is 5.78 Å². The SMILES string of the molecule is COc1ccc(C(=O)C2(C#N)CCC2)cc1OC. The van der Waals surface area contributed by atoms with Crippen LogP contribution in [0.4, 0.5) is 0 Å². The molecule has 1 aromatic carbocycles. The smallest absolute Gasteiger partial charge is 0.183 e. The number of carbonyl (C=O) groups excluding carboxylic acids is 1. The van der Waals surface area contributed by atoms with E-state index in [9.17, 15) is 4.79 Å². The van der Waals surface area contributed by atoms with Crippen molar-refractivity contribution in [1.82, 2.24) is 0 Å². The van der Waals surface area contributed by atoms with E-state index in [4.69, 9.17) is 14.7 Å². The maximum atomic E-state index is 12.3. The van der Waals surface area contributed by atoms with Crippen molar-refractivity contribution in [3.05, 3.63) is 23.8 Å². The fraction of sp³-hybridized carbons (Fsp3) is 0.429. The number of rotatable bonds is 4. The number of nitrogens with zero attached hydrogens (tertiary/aromatic N) is 1. The first kappa shape index (κ1) is 12.4. The molecule has 1 aliphatic carbocycles. The summed E-state index contributed by atoms with van der Waals surface area (Å²) in [7, 11) is 3.07. The maximum Gasteiger partial charge on any atom is 0.183 e. The first-order valence-corrected chi connectivity index (χ1v) is 5.85. The largest absolute Gasteiger partial charge is 0.493 e.